The van der Waals surface area contributed by atoms with Crippen LogP contribution in [0.4, 0.5) is 0 Å². The van der Waals surface area contributed by atoms with E-state index in [-0.39, 0.29) is 11.6 Å². The van der Waals surface area contributed by atoms with Crippen molar-refractivity contribution in [1.29, 1.82) is 0 Å². The van der Waals surface area contributed by atoms with Gasteiger partial charge in [-0.25, -0.2) is 4.98 Å². The molecule has 1 aliphatic heterocycles. The molecule has 3 aromatic heterocycles. The quantitative estimate of drug-likeness (QED) is 0.777. The van der Waals surface area contributed by atoms with Crippen molar-refractivity contribution in [2.45, 2.75) is 12.6 Å². The molecule has 1 fully saturated rings. The predicted octanol–water partition coefficient (Wildman–Crippen LogP) is 1.89. The Labute approximate surface area is 150 Å². The molecule has 4 heterocycles. The van der Waals surface area contributed by atoms with Crippen LogP contribution in [-0.4, -0.2) is 38.9 Å². The van der Waals surface area contributed by atoms with Crippen LogP contribution in [0.1, 0.15) is 17.3 Å². The summed E-state index contributed by atoms with van der Waals surface area (Å²) < 4.78 is 1.47. The van der Waals surface area contributed by atoms with Crippen molar-refractivity contribution in [3.63, 3.8) is 0 Å². The van der Waals surface area contributed by atoms with E-state index in [2.05, 4.69) is 26.3 Å². The van der Waals surface area contributed by atoms with Crippen molar-refractivity contribution in [1.82, 2.24) is 24.6 Å². The van der Waals surface area contributed by atoms with Gasteiger partial charge in [0.2, 0.25) is 0 Å². The Balaban J connectivity index is 1.65. The molecule has 0 saturated carbocycles. The normalized spacial score (nSPS) is 18.5. The Bertz CT molecular complexity index is 943. The molecule has 4 rings (SSSR count). The van der Waals surface area contributed by atoms with E-state index >= 15 is 0 Å². The molecule has 1 unspecified atom stereocenters. The van der Waals surface area contributed by atoms with Crippen LogP contribution in [0.25, 0.3) is 5.65 Å². The van der Waals surface area contributed by atoms with Gasteiger partial charge in [-0.3, -0.25) is 19.1 Å². The van der Waals surface area contributed by atoms with Crippen LogP contribution in [0, 0.1) is 0 Å². The number of nitrogens with one attached hydrogen (secondary N) is 1. The first-order valence-corrected chi connectivity index (χ1v) is 8.61. The van der Waals surface area contributed by atoms with E-state index in [0.717, 1.165) is 25.3 Å². The van der Waals surface area contributed by atoms with Crippen LogP contribution >= 0.6 is 11.6 Å². The fourth-order valence-electron chi connectivity index (χ4n) is 3.25. The highest BCUT2D eigenvalue weighted by Crippen LogP contribution is 2.23. The number of nitrogens with zero attached hydrogens (tertiary/aromatic N) is 4. The molecule has 3 aromatic rings. The van der Waals surface area contributed by atoms with Crippen molar-refractivity contribution in [2.24, 2.45) is 0 Å². The average molecular weight is 356 g/mol. The molecule has 7 heteroatoms. The maximum Gasteiger partial charge on any atom is 0.258 e. The van der Waals surface area contributed by atoms with E-state index in [1.807, 2.05) is 12.3 Å². The van der Waals surface area contributed by atoms with E-state index in [1.165, 1.54) is 9.96 Å². The Kier molecular flexibility index (Phi) is 4.48. The van der Waals surface area contributed by atoms with Crippen LogP contribution in [0.5, 0.6) is 0 Å². The molecule has 0 aromatic carbocycles. The summed E-state index contributed by atoms with van der Waals surface area (Å²) in [6.45, 7) is 3.28. The van der Waals surface area contributed by atoms with Gasteiger partial charge in [0.15, 0.2) is 0 Å². The van der Waals surface area contributed by atoms with E-state index in [1.54, 1.807) is 30.6 Å². The third kappa shape index (κ3) is 3.42. The molecular formula is C18H18ClN5O. The number of fused-ring (bicyclic) bond motifs is 1. The van der Waals surface area contributed by atoms with Gasteiger partial charge in [0.05, 0.1) is 10.7 Å². The third-order valence-corrected chi connectivity index (χ3v) is 4.69. The number of piperazine rings is 1. The highest BCUT2D eigenvalue weighted by molar-refractivity contribution is 6.30. The summed E-state index contributed by atoms with van der Waals surface area (Å²) in [5.74, 6) is 0. The zero-order valence-corrected chi connectivity index (χ0v) is 14.4. The van der Waals surface area contributed by atoms with Crippen molar-refractivity contribution in [3.05, 3.63) is 75.6 Å². The van der Waals surface area contributed by atoms with Gasteiger partial charge in [0, 0.05) is 56.9 Å². The number of aromatic nitrogens is 3. The van der Waals surface area contributed by atoms with E-state index in [0.29, 0.717) is 17.2 Å². The molecule has 25 heavy (non-hydrogen) atoms. The minimum absolute atomic E-state index is 0.115. The van der Waals surface area contributed by atoms with Crippen molar-refractivity contribution in [3.8, 4) is 0 Å². The minimum Gasteiger partial charge on any atom is -0.314 e. The van der Waals surface area contributed by atoms with Crippen molar-refractivity contribution in [2.75, 3.05) is 19.6 Å². The summed E-state index contributed by atoms with van der Waals surface area (Å²) in [4.78, 5) is 23.6. The topological polar surface area (TPSA) is 62.5 Å². The van der Waals surface area contributed by atoms with Crippen LogP contribution in [0.15, 0.2) is 53.7 Å². The molecule has 1 atom stereocenters. The van der Waals surface area contributed by atoms with Gasteiger partial charge < -0.3 is 5.32 Å². The minimum atomic E-state index is -0.115. The first-order chi connectivity index (χ1) is 12.2. The van der Waals surface area contributed by atoms with Gasteiger partial charge in [0.25, 0.3) is 5.56 Å². The number of rotatable bonds is 3. The fourth-order valence-corrected chi connectivity index (χ4v) is 3.41. The molecule has 0 bridgehead atoms. The zero-order chi connectivity index (χ0) is 17.2. The Morgan fingerprint density at radius 1 is 1.32 bits per heavy atom. The third-order valence-electron chi connectivity index (χ3n) is 4.47. The second-order valence-corrected chi connectivity index (χ2v) is 6.57. The van der Waals surface area contributed by atoms with E-state index < -0.39 is 0 Å². The number of pyridine rings is 2. The lowest BCUT2D eigenvalue weighted by Gasteiger charge is -2.36. The van der Waals surface area contributed by atoms with Crippen LogP contribution in [0.2, 0.25) is 5.02 Å². The first kappa shape index (κ1) is 16.2. The predicted molar refractivity (Wildman–Crippen MR) is 96.7 cm³/mol. The summed E-state index contributed by atoms with van der Waals surface area (Å²) in [7, 11) is 0. The zero-order valence-electron chi connectivity index (χ0n) is 13.6. The first-order valence-electron chi connectivity index (χ1n) is 8.23. The average Bonchev–Trinajstić information content (AvgIpc) is 2.64. The SMILES string of the molecule is O=c1cc(CN2CCNCC2c2cccnc2)nc2ccc(Cl)cn12. The molecule has 0 spiro atoms. The molecular weight excluding hydrogens is 338 g/mol. The lowest BCUT2D eigenvalue weighted by Crippen LogP contribution is -2.45. The lowest BCUT2D eigenvalue weighted by molar-refractivity contribution is 0.151. The summed E-state index contributed by atoms with van der Waals surface area (Å²) in [6.07, 6.45) is 5.27. The van der Waals surface area contributed by atoms with Gasteiger partial charge in [-0.2, -0.15) is 0 Å². The fraction of sp³-hybridized carbons (Fsp3) is 0.278. The molecule has 128 valence electrons. The number of hydrogen-bond acceptors (Lipinski definition) is 5. The van der Waals surface area contributed by atoms with E-state index in [9.17, 15) is 4.79 Å². The largest absolute Gasteiger partial charge is 0.314 e. The van der Waals surface area contributed by atoms with Crippen LogP contribution in [0.3, 0.4) is 0 Å². The molecule has 6 nitrogen and oxygen atoms in total. The van der Waals surface area contributed by atoms with Crippen LogP contribution in [-0.2, 0) is 6.54 Å². The number of halogens is 1. The summed E-state index contributed by atoms with van der Waals surface area (Å²) >= 11 is 5.96. The maximum absolute atomic E-state index is 12.4. The molecule has 0 amide bonds. The van der Waals surface area contributed by atoms with Gasteiger partial charge in [-0.1, -0.05) is 17.7 Å². The van der Waals surface area contributed by atoms with Gasteiger partial charge in [-0.15, -0.1) is 0 Å². The van der Waals surface area contributed by atoms with Gasteiger partial charge >= 0.3 is 0 Å². The Morgan fingerprint density at radius 3 is 3.08 bits per heavy atom. The Hall–Kier alpha value is -2.28. The molecule has 1 saturated heterocycles. The highest BCUT2D eigenvalue weighted by atomic mass is 35.5. The standard InChI is InChI=1S/C18H18ClN5O/c19-14-3-4-17-22-15(8-18(25)24(17)11-14)12-23-7-6-21-10-16(23)13-2-1-5-20-9-13/h1-5,8-9,11,16,21H,6-7,10,12H2. The van der Waals surface area contributed by atoms with Gasteiger partial charge in [0.1, 0.15) is 5.65 Å². The number of hydrogen-bond donors (Lipinski definition) is 1. The van der Waals surface area contributed by atoms with Gasteiger partial charge in [-0.05, 0) is 23.8 Å². The van der Waals surface area contributed by atoms with Crippen molar-refractivity contribution < 1.29 is 0 Å². The summed E-state index contributed by atoms with van der Waals surface area (Å²) in [6, 6.07) is 9.36. The second kappa shape index (κ2) is 6.92. The van der Waals surface area contributed by atoms with Crippen molar-refractivity contribution >= 4 is 17.2 Å². The smallest absolute Gasteiger partial charge is 0.258 e. The monoisotopic (exact) mass is 355 g/mol. The molecule has 1 N–H and O–H groups in total. The Morgan fingerprint density at radius 2 is 2.24 bits per heavy atom. The molecule has 0 aliphatic carbocycles. The molecule has 0 radical (unpaired) electrons. The second-order valence-electron chi connectivity index (χ2n) is 6.14. The maximum atomic E-state index is 12.4. The lowest BCUT2D eigenvalue weighted by atomic mass is 10.1. The molecule has 1 aliphatic rings. The summed E-state index contributed by atoms with van der Waals surface area (Å²) in [5, 5.41) is 3.94. The summed E-state index contributed by atoms with van der Waals surface area (Å²) in [5.41, 5.74) is 2.43. The van der Waals surface area contributed by atoms with Crippen LogP contribution < -0.4 is 10.9 Å². The van der Waals surface area contributed by atoms with E-state index in [4.69, 9.17) is 11.6 Å². The highest BCUT2D eigenvalue weighted by Gasteiger charge is 2.24.